The summed E-state index contributed by atoms with van der Waals surface area (Å²) >= 11 is 1.66. The summed E-state index contributed by atoms with van der Waals surface area (Å²) in [5, 5.41) is 4.78. The van der Waals surface area contributed by atoms with E-state index in [1.54, 1.807) is 11.3 Å². The lowest BCUT2D eigenvalue weighted by Crippen LogP contribution is -2.30. The van der Waals surface area contributed by atoms with Gasteiger partial charge in [0.15, 0.2) is 6.61 Å². The summed E-state index contributed by atoms with van der Waals surface area (Å²) in [4.78, 5) is 25.6. The standard InChI is InChI=1S/C22H24N2O3S/c1-16-13-20(17(2)24(16)14-18-7-4-3-5-8-18)22(26)27-15-21(25)23-11-10-19-9-6-12-28-19/h3-9,12-13H,10-11,14-15H2,1-2H3,(H,23,25). The number of hydrogen-bond acceptors (Lipinski definition) is 4. The first-order valence-electron chi connectivity index (χ1n) is 9.21. The number of esters is 1. The van der Waals surface area contributed by atoms with Gasteiger partial charge in [-0.1, -0.05) is 36.4 Å². The molecule has 0 aliphatic carbocycles. The molecule has 6 heteroatoms. The van der Waals surface area contributed by atoms with Gasteiger partial charge in [0.1, 0.15) is 0 Å². The highest BCUT2D eigenvalue weighted by Crippen LogP contribution is 2.18. The summed E-state index contributed by atoms with van der Waals surface area (Å²) in [6, 6.07) is 15.9. The molecular weight excluding hydrogens is 372 g/mol. The first-order valence-corrected chi connectivity index (χ1v) is 10.1. The normalized spacial score (nSPS) is 10.6. The van der Waals surface area contributed by atoms with Crippen molar-refractivity contribution >= 4 is 23.2 Å². The van der Waals surface area contributed by atoms with Crippen LogP contribution in [-0.4, -0.2) is 29.6 Å². The topological polar surface area (TPSA) is 60.3 Å². The third kappa shape index (κ3) is 5.10. The second kappa shape index (κ2) is 9.37. The predicted octanol–water partition coefficient (Wildman–Crippen LogP) is 3.73. The molecule has 3 aromatic rings. The molecule has 28 heavy (non-hydrogen) atoms. The number of aromatic nitrogens is 1. The lowest BCUT2D eigenvalue weighted by Gasteiger charge is -2.10. The van der Waals surface area contributed by atoms with Gasteiger partial charge in [0.25, 0.3) is 5.91 Å². The van der Waals surface area contributed by atoms with E-state index in [1.165, 1.54) is 4.88 Å². The third-order valence-corrected chi connectivity index (χ3v) is 5.52. The van der Waals surface area contributed by atoms with Gasteiger partial charge in [0, 0.05) is 29.4 Å². The maximum absolute atomic E-state index is 12.4. The van der Waals surface area contributed by atoms with Crippen molar-refractivity contribution in [2.45, 2.75) is 26.8 Å². The number of benzene rings is 1. The first-order chi connectivity index (χ1) is 13.5. The molecular formula is C22H24N2O3S. The highest BCUT2D eigenvalue weighted by atomic mass is 32.1. The molecule has 1 amide bonds. The highest BCUT2D eigenvalue weighted by molar-refractivity contribution is 7.09. The minimum atomic E-state index is -0.471. The predicted molar refractivity (Wildman–Crippen MR) is 111 cm³/mol. The number of ether oxygens (including phenoxy) is 1. The SMILES string of the molecule is Cc1cc(C(=O)OCC(=O)NCCc2cccs2)c(C)n1Cc1ccccc1. The Labute approximate surface area is 169 Å². The lowest BCUT2D eigenvalue weighted by atomic mass is 10.2. The van der Waals surface area contributed by atoms with Crippen LogP contribution in [0.2, 0.25) is 0 Å². The summed E-state index contributed by atoms with van der Waals surface area (Å²) < 4.78 is 7.29. The van der Waals surface area contributed by atoms with Crippen LogP contribution in [0.1, 0.15) is 32.2 Å². The van der Waals surface area contributed by atoms with Crippen molar-refractivity contribution in [2.75, 3.05) is 13.2 Å². The van der Waals surface area contributed by atoms with Crippen LogP contribution in [0.25, 0.3) is 0 Å². The molecule has 0 radical (unpaired) electrons. The largest absolute Gasteiger partial charge is 0.452 e. The number of hydrogen-bond donors (Lipinski definition) is 1. The molecule has 0 bridgehead atoms. The Kier molecular flexibility index (Phi) is 6.66. The van der Waals surface area contributed by atoms with E-state index in [9.17, 15) is 9.59 Å². The van der Waals surface area contributed by atoms with E-state index in [-0.39, 0.29) is 12.5 Å². The van der Waals surface area contributed by atoms with Crippen molar-refractivity contribution in [3.05, 3.63) is 81.3 Å². The second-order valence-corrected chi connectivity index (χ2v) is 7.64. The fourth-order valence-corrected chi connectivity index (χ4v) is 3.77. The number of nitrogens with one attached hydrogen (secondary N) is 1. The number of carbonyl (C=O) groups excluding carboxylic acids is 2. The fraction of sp³-hybridized carbons (Fsp3) is 0.273. The van der Waals surface area contributed by atoms with Gasteiger partial charge in [0.05, 0.1) is 5.56 Å². The second-order valence-electron chi connectivity index (χ2n) is 6.61. The van der Waals surface area contributed by atoms with Crippen LogP contribution in [0.3, 0.4) is 0 Å². The molecule has 0 spiro atoms. The molecule has 1 aromatic carbocycles. The van der Waals surface area contributed by atoms with Gasteiger partial charge in [-0.2, -0.15) is 0 Å². The molecule has 0 atom stereocenters. The summed E-state index contributed by atoms with van der Waals surface area (Å²) in [5.41, 5.74) is 3.48. The van der Waals surface area contributed by atoms with Crippen LogP contribution in [0.5, 0.6) is 0 Å². The van der Waals surface area contributed by atoms with Crippen LogP contribution in [0.4, 0.5) is 0 Å². The Morgan fingerprint density at radius 3 is 2.61 bits per heavy atom. The number of thiophene rings is 1. The monoisotopic (exact) mass is 396 g/mol. The maximum Gasteiger partial charge on any atom is 0.340 e. The molecule has 0 saturated heterocycles. The van der Waals surface area contributed by atoms with E-state index < -0.39 is 5.97 Å². The van der Waals surface area contributed by atoms with E-state index in [2.05, 4.69) is 22.0 Å². The van der Waals surface area contributed by atoms with Crippen molar-refractivity contribution in [3.63, 3.8) is 0 Å². The van der Waals surface area contributed by atoms with Crippen LogP contribution in [0, 0.1) is 13.8 Å². The van der Waals surface area contributed by atoms with E-state index in [4.69, 9.17) is 4.74 Å². The molecule has 0 aliphatic heterocycles. The first kappa shape index (κ1) is 19.9. The lowest BCUT2D eigenvalue weighted by molar-refractivity contribution is -0.124. The zero-order valence-electron chi connectivity index (χ0n) is 16.1. The van der Waals surface area contributed by atoms with Crippen LogP contribution in [0.15, 0.2) is 53.9 Å². The third-order valence-electron chi connectivity index (χ3n) is 4.59. The number of carbonyl (C=O) groups is 2. The summed E-state index contributed by atoms with van der Waals surface area (Å²) in [6.07, 6.45) is 0.776. The molecule has 0 saturated carbocycles. The molecule has 0 fully saturated rings. The Morgan fingerprint density at radius 2 is 1.89 bits per heavy atom. The molecule has 1 N–H and O–H groups in total. The van der Waals surface area contributed by atoms with Gasteiger partial charge in [0.2, 0.25) is 0 Å². The van der Waals surface area contributed by atoms with Crippen molar-refractivity contribution in [2.24, 2.45) is 0 Å². The molecule has 3 rings (SSSR count). The quantitative estimate of drug-likeness (QED) is 0.590. The van der Waals surface area contributed by atoms with Gasteiger partial charge in [-0.15, -0.1) is 11.3 Å². The van der Waals surface area contributed by atoms with E-state index in [1.807, 2.05) is 55.6 Å². The van der Waals surface area contributed by atoms with Gasteiger partial charge in [-0.05, 0) is 43.3 Å². The highest BCUT2D eigenvalue weighted by Gasteiger charge is 2.18. The summed E-state index contributed by atoms with van der Waals surface area (Å²) in [6.45, 7) is 4.81. The maximum atomic E-state index is 12.4. The Morgan fingerprint density at radius 1 is 1.11 bits per heavy atom. The zero-order chi connectivity index (χ0) is 19.9. The van der Waals surface area contributed by atoms with Gasteiger partial charge >= 0.3 is 5.97 Å². The number of nitrogens with zero attached hydrogens (tertiary/aromatic N) is 1. The summed E-state index contributed by atoms with van der Waals surface area (Å²) in [7, 11) is 0. The average Bonchev–Trinajstić information content (AvgIpc) is 3.31. The van der Waals surface area contributed by atoms with Gasteiger partial charge in [-0.25, -0.2) is 4.79 Å². The molecule has 2 heterocycles. The number of amides is 1. The van der Waals surface area contributed by atoms with Crippen molar-refractivity contribution in [1.29, 1.82) is 0 Å². The van der Waals surface area contributed by atoms with Crippen LogP contribution >= 0.6 is 11.3 Å². The fourth-order valence-electron chi connectivity index (χ4n) is 3.06. The Hall–Kier alpha value is -2.86. The van der Waals surface area contributed by atoms with Crippen LogP contribution < -0.4 is 5.32 Å². The zero-order valence-corrected chi connectivity index (χ0v) is 16.9. The molecule has 0 unspecified atom stereocenters. The molecule has 146 valence electrons. The number of aryl methyl sites for hydroxylation is 1. The molecule has 2 aromatic heterocycles. The van der Waals surface area contributed by atoms with E-state index in [0.717, 1.165) is 23.4 Å². The van der Waals surface area contributed by atoms with Crippen LogP contribution in [-0.2, 0) is 22.5 Å². The van der Waals surface area contributed by atoms with E-state index in [0.29, 0.717) is 18.7 Å². The van der Waals surface area contributed by atoms with Crippen molar-refractivity contribution in [3.8, 4) is 0 Å². The summed E-state index contributed by atoms with van der Waals surface area (Å²) in [5.74, 6) is -0.760. The van der Waals surface area contributed by atoms with Crippen molar-refractivity contribution < 1.29 is 14.3 Å². The molecule has 0 aliphatic rings. The van der Waals surface area contributed by atoms with Crippen molar-refractivity contribution in [1.82, 2.24) is 9.88 Å². The smallest absolute Gasteiger partial charge is 0.340 e. The Balaban J connectivity index is 1.52. The minimum absolute atomic E-state index is 0.272. The average molecular weight is 397 g/mol. The number of rotatable bonds is 8. The van der Waals surface area contributed by atoms with Gasteiger partial charge in [-0.3, -0.25) is 4.79 Å². The molecule has 5 nitrogen and oxygen atoms in total. The van der Waals surface area contributed by atoms with E-state index >= 15 is 0 Å². The van der Waals surface area contributed by atoms with Gasteiger partial charge < -0.3 is 14.6 Å². The Bertz CT molecular complexity index is 930. The minimum Gasteiger partial charge on any atom is -0.452 e.